The van der Waals surface area contributed by atoms with Crippen molar-refractivity contribution in [1.29, 1.82) is 0 Å². The topological polar surface area (TPSA) is 126 Å². The van der Waals surface area contributed by atoms with Gasteiger partial charge in [0, 0.05) is 13.8 Å². The molecule has 0 unspecified atom stereocenters. The zero-order chi connectivity index (χ0) is 17.1. The van der Waals surface area contributed by atoms with E-state index in [0.29, 0.717) is 16.5 Å². The fourth-order valence-corrected chi connectivity index (χ4v) is 3.52. The molecule has 9 nitrogen and oxygen atoms in total. The molecule has 1 aliphatic carbocycles. The van der Waals surface area contributed by atoms with Gasteiger partial charge in [0.1, 0.15) is 9.80 Å². The lowest BCUT2D eigenvalue weighted by Crippen LogP contribution is -2.26. The van der Waals surface area contributed by atoms with E-state index in [1.54, 1.807) is 4.68 Å². The van der Waals surface area contributed by atoms with Crippen LogP contribution in [0.5, 0.6) is 0 Å². The van der Waals surface area contributed by atoms with Gasteiger partial charge in [0.2, 0.25) is 0 Å². The number of esters is 2. The molecule has 0 aromatic carbocycles. The second kappa shape index (κ2) is 7.23. The SMILES string of the molecule is CC(=O)OC[C@H]1C[C@@H](n2nnc(C(N)=O)c2I)[C@H](OC(C)=O)C1. The van der Waals surface area contributed by atoms with Gasteiger partial charge in [-0.15, -0.1) is 5.10 Å². The minimum absolute atomic E-state index is 0.0327. The van der Waals surface area contributed by atoms with Gasteiger partial charge in [-0.3, -0.25) is 14.4 Å². The van der Waals surface area contributed by atoms with Gasteiger partial charge < -0.3 is 15.2 Å². The second-order valence-corrected chi connectivity index (χ2v) is 6.41. The zero-order valence-electron chi connectivity index (χ0n) is 12.7. The van der Waals surface area contributed by atoms with E-state index in [9.17, 15) is 14.4 Å². The van der Waals surface area contributed by atoms with Crippen molar-refractivity contribution in [2.24, 2.45) is 11.7 Å². The minimum atomic E-state index is -0.667. The molecule has 1 fully saturated rings. The molecule has 1 heterocycles. The Balaban J connectivity index is 2.20. The van der Waals surface area contributed by atoms with Crippen LogP contribution in [0, 0.1) is 9.62 Å². The molecule has 10 heteroatoms. The van der Waals surface area contributed by atoms with Crippen LogP contribution in [0.15, 0.2) is 0 Å². The molecule has 1 saturated carbocycles. The lowest BCUT2D eigenvalue weighted by molar-refractivity contribution is -0.148. The number of carbonyl (C=O) groups excluding carboxylic acids is 3. The van der Waals surface area contributed by atoms with E-state index in [4.69, 9.17) is 15.2 Å². The van der Waals surface area contributed by atoms with Crippen LogP contribution in [0.3, 0.4) is 0 Å². The molecule has 1 amide bonds. The standard InChI is InChI=1S/C13H17IN4O5/c1-6(19)22-5-8-3-9(10(4-8)23-7(2)20)18-12(14)11(13(15)21)16-17-18/h8-10H,3-5H2,1-2H3,(H2,15,21)/t8-,9+,10+/m0/s1. The van der Waals surface area contributed by atoms with Crippen molar-refractivity contribution < 1.29 is 23.9 Å². The van der Waals surface area contributed by atoms with Crippen LogP contribution in [-0.4, -0.2) is 45.6 Å². The fraction of sp³-hybridized carbons (Fsp3) is 0.615. The lowest BCUT2D eigenvalue weighted by atomic mass is 10.1. The lowest BCUT2D eigenvalue weighted by Gasteiger charge is -2.19. The molecule has 3 atom stereocenters. The summed E-state index contributed by atoms with van der Waals surface area (Å²) in [5.41, 5.74) is 5.33. The van der Waals surface area contributed by atoms with Crippen molar-refractivity contribution in [2.75, 3.05) is 6.61 Å². The Bertz CT molecular complexity index is 632. The monoisotopic (exact) mass is 436 g/mol. The van der Waals surface area contributed by atoms with Crippen LogP contribution in [0.25, 0.3) is 0 Å². The number of hydrogen-bond donors (Lipinski definition) is 1. The molecule has 0 aliphatic heterocycles. The maximum Gasteiger partial charge on any atom is 0.302 e. The fourth-order valence-electron chi connectivity index (χ4n) is 2.69. The average Bonchev–Trinajstić information content (AvgIpc) is 2.99. The van der Waals surface area contributed by atoms with Gasteiger partial charge in [-0.2, -0.15) is 0 Å². The molecule has 2 rings (SSSR count). The van der Waals surface area contributed by atoms with Crippen LogP contribution in [0.2, 0.25) is 0 Å². The van der Waals surface area contributed by atoms with Crippen LogP contribution >= 0.6 is 22.6 Å². The molecule has 0 radical (unpaired) electrons. The first-order chi connectivity index (χ1) is 10.8. The Morgan fingerprint density at radius 1 is 1.30 bits per heavy atom. The van der Waals surface area contributed by atoms with Crippen molar-refractivity contribution >= 4 is 40.4 Å². The molecule has 0 spiro atoms. The Labute approximate surface area is 146 Å². The van der Waals surface area contributed by atoms with Gasteiger partial charge in [0.05, 0.1) is 12.6 Å². The van der Waals surface area contributed by atoms with Gasteiger partial charge in [0.25, 0.3) is 5.91 Å². The molecular weight excluding hydrogens is 419 g/mol. The molecule has 1 aromatic rings. The predicted molar refractivity (Wildman–Crippen MR) is 85.2 cm³/mol. The number of amides is 1. The number of nitrogens with zero attached hydrogens (tertiary/aromatic N) is 3. The van der Waals surface area contributed by atoms with Crippen molar-refractivity contribution in [1.82, 2.24) is 15.0 Å². The van der Waals surface area contributed by atoms with Gasteiger partial charge in [0.15, 0.2) is 5.69 Å². The highest BCUT2D eigenvalue weighted by Gasteiger charge is 2.40. The molecule has 23 heavy (non-hydrogen) atoms. The van der Waals surface area contributed by atoms with Crippen molar-refractivity contribution in [3.05, 3.63) is 9.39 Å². The third-order valence-corrected chi connectivity index (χ3v) is 4.60. The zero-order valence-corrected chi connectivity index (χ0v) is 14.8. The average molecular weight is 436 g/mol. The van der Waals surface area contributed by atoms with Crippen molar-refractivity contribution in [3.63, 3.8) is 0 Å². The van der Waals surface area contributed by atoms with E-state index in [0.717, 1.165) is 0 Å². The first-order valence-corrected chi connectivity index (χ1v) is 8.08. The Morgan fingerprint density at radius 3 is 2.52 bits per heavy atom. The van der Waals surface area contributed by atoms with Gasteiger partial charge >= 0.3 is 11.9 Å². The summed E-state index contributed by atoms with van der Waals surface area (Å²) < 4.78 is 12.4. The third kappa shape index (κ3) is 4.18. The third-order valence-electron chi connectivity index (χ3n) is 3.59. The van der Waals surface area contributed by atoms with Gasteiger partial charge in [-0.1, -0.05) is 5.21 Å². The smallest absolute Gasteiger partial charge is 0.302 e. The number of rotatable bonds is 5. The van der Waals surface area contributed by atoms with E-state index in [-0.39, 0.29) is 30.2 Å². The summed E-state index contributed by atoms with van der Waals surface area (Å²) in [6.45, 7) is 2.92. The molecule has 1 aromatic heterocycles. The normalized spacial score (nSPS) is 23.5. The molecule has 0 bridgehead atoms. The largest absolute Gasteiger partial charge is 0.466 e. The van der Waals surface area contributed by atoms with E-state index in [1.165, 1.54) is 13.8 Å². The van der Waals surface area contributed by atoms with Crippen molar-refractivity contribution in [2.45, 2.75) is 38.8 Å². The number of ether oxygens (including phenoxy) is 2. The maximum absolute atomic E-state index is 11.3. The summed E-state index contributed by atoms with van der Waals surface area (Å²) in [5, 5.41) is 7.74. The summed E-state index contributed by atoms with van der Waals surface area (Å²) in [7, 11) is 0. The van der Waals surface area contributed by atoms with Crippen LogP contribution in [0.1, 0.15) is 43.2 Å². The van der Waals surface area contributed by atoms with Crippen LogP contribution in [0.4, 0.5) is 0 Å². The molecule has 1 aliphatic rings. The predicted octanol–water partition coefficient (Wildman–Crippen LogP) is 0.427. The van der Waals surface area contributed by atoms with E-state index in [1.807, 2.05) is 22.6 Å². The summed E-state index contributed by atoms with van der Waals surface area (Å²) in [6, 6.07) is -0.285. The van der Waals surface area contributed by atoms with E-state index in [2.05, 4.69) is 10.3 Å². The summed E-state index contributed by atoms with van der Waals surface area (Å²) in [4.78, 5) is 33.6. The van der Waals surface area contributed by atoms with Crippen molar-refractivity contribution in [3.8, 4) is 0 Å². The quantitative estimate of drug-likeness (QED) is 0.524. The Kier molecular flexibility index (Phi) is 5.55. The highest BCUT2D eigenvalue weighted by atomic mass is 127. The molecule has 126 valence electrons. The Morgan fingerprint density at radius 2 is 2.00 bits per heavy atom. The number of halogens is 1. The number of nitrogens with two attached hydrogens (primary N) is 1. The maximum atomic E-state index is 11.3. The first-order valence-electron chi connectivity index (χ1n) is 7.00. The first kappa shape index (κ1) is 17.6. The molecule has 2 N–H and O–H groups in total. The summed E-state index contributed by atoms with van der Waals surface area (Å²) >= 11 is 1.94. The highest BCUT2D eigenvalue weighted by Crippen LogP contribution is 2.38. The molecular formula is C13H17IN4O5. The number of aromatic nitrogens is 3. The molecule has 0 saturated heterocycles. The number of hydrogen-bond acceptors (Lipinski definition) is 7. The van der Waals surface area contributed by atoms with E-state index >= 15 is 0 Å². The number of primary amides is 1. The summed E-state index contributed by atoms with van der Waals surface area (Å²) in [6.07, 6.45) is 0.700. The minimum Gasteiger partial charge on any atom is -0.466 e. The van der Waals surface area contributed by atoms with Crippen LogP contribution in [-0.2, 0) is 19.1 Å². The van der Waals surface area contributed by atoms with Gasteiger partial charge in [-0.05, 0) is 41.4 Å². The second-order valence-electron chi connectivity index (χ2n) is 5.39. The van der Waals surface area contributed by atoms with Gasteiger partial charge in [-0.25, -0.2) is 4.68 Å². The van der Waals surface area contributed by atoms with E-state index < -0.39 is 18.0 Å². The Hall–Kier alpha value is -1.72. The van der Waals surface area contributed by atoms with Crippen LogP contribution < -0.4 is 5.73 Å². The summed E-state index contributed by atoms with van der Waals surface area (Å²) in [5.74, 6) is -1.40. The highest BCUT2D eigenvalue weighted by molar-refractivity contribution is 14.1. The number of carbonyl (C=O) groups is 3.